The molecule has 6 nitrogen and oxygen atoms in total. The largest absolute Gasteiger partial charge is 0.504 e. The molecule has 2 aromatic rings. The number of aromatic nitrogens is 2. The third kappa shape index (κ3) is 3.97. The molecular formula is C19H22ClN4O2. The molecule has 1 saturated heterocycles. The van der Waals surface area contributed by atoms with Crippen molar-refractivity contribution in [1.29, 1.82) is 0 Å². The minimum atomic E-state index is -0.185. The number of nitrogens with zero attached hydrogens (tertiary/aromatic N) is 3. The second-order valence-corrected chi connectivity index (χ2v) is 7.07. The van der Waals surface area contributed by atoms with Gasteiger partial charge in [0.05, 0.1) is 5.69 Å². The summed E-state index contributed by atoms with van der Waals surface area (Å²) in [6, 6.07) is 5.85. The Morgan fingerprint density at radius 2 is 2.08 bits per heavy atom. The topological polar surface area (TPSA) is 92.3 Å². The summed E-state index contributed by atoms with van der Waals surface area (Å²) in [5.41, 5.74) is 8.41. The van der Waals surface area contributed by atoms with Gasteiger partial charge in [-0.05, 0) is 49.4 Å². The molecule has 0 aliphatic carbocycles. The van der Waals surface area contributed by atoms with Crippen LogP contribution in [-0.2, 0) is 17.8 Å². The first-order valence-corrected chi connectivity index (χ1v) is 9.07. The number of hydrogen-bond donors (Lipinski definition) is 2. The van der Waals surface area contributed by atoms with Gasteiger partial charge in [-0.2, -0.15) is 0 Å². The van der Waals surface area contributed by atoms with E-state index in [2.05, 4.69) is 14.9 Å². The van der Waals surface area contributed by atoms with Crippen LogP contribution in [0.2, 0.25) is 5.02 Å². The second-order valence-electron chi connectivity index (χ2n) is 6.64. The number of carbonyl (C=O) groups excluding carboxylic acids is 1. The van der Waals surface area contributed by atoms with Crippen molar-refractivity contribution < 1.29 is 9.90 Å². The predicted molar refractivity (Wildman–Crippen MR) is 101 cm³/mol. The Hall–Kier alpha value is -2.18. The zero-order chi connectivity index (χ0) is 18.7. The van der Waals surface area contributed by atoms with Gasteiger partial charge in [-0.15, -0.1) is 0 Å². The lowest BCUT2D eigenvalue weighted by Gasteiger charge is -2.34. The number of anilines is 1. The fourth-order valence-electron chi connectivity index (χ4n) is 3.45. The number of aromatic hydroxyl groups is 1. The maximum atomic E-state index is 10.9. The number of halogens is 1. The minimum Gasteiger partial charge on any atom is -0.504 e. The van der Waals surface area contributed by atoms with Crippen LogP contribution in [0.4, 0.5) is 5.69 Å². The highest BCUT2D eigenvalue weighted by Crippen LogP contribution is 2.29. The van der Waals surface area contributed by atoms with Gasteiger partial charge in [0, 0.05) is 36.8 Å². The van der Waals surface area contributed by atoms with E-state index in [0.29, 0.717) is 35.4 Å². The van der Waals surface area contributed by atoms with Crippen molar-refractivity contribution in [3.8, 4) is 5.75 Å². The van der Waals surface area contributed by atoms with Crippen LogP contribution in [0.25, 0.3) is 0 Å². The Bertz CT molecular complexity index is 804. The van der Waals surface area contributed by atoms with Crippen molar-refractivity contribution in [1.82, 2.24) is 9.97 Å². The van der Waals surface area contributed by atoms with Gasteiger partial charge in [-0.1, -0.05) is 11.6 Å². The third-order valence-electron chi connectivity index (χ3n) is 4.89. The highest BCUT2D eigenvalue weighted by molar-refractivity contribution is 6.30. The predicted octanol–water partition coefficient (Wildman–Crippen LogP) is 2.52. The molecule has 26 heavy (non-hydrogen) atoms. The number of benzene rings is 1. The molecule has 137 valence electrons. The van der Waals surface area contributed by atoms with E-state index in [-0.39, 0.29) is 11.4 Å². The first-order chi connectivity index (χ1) is 12.5. The van der Waals surface area contributed by atoms with E-state index in [1.165, 1.54) is 0 Å². The Balaban J connectivity index is 1.66. The van der Waals surface area contributed by atoms with Gasteiger partial charge in [0.25, 0.3) is 6.29 Å². The van der Waals surface area contributed by atoms with Crippen LogP contribution in [0.1, 0.15) is 35.6 Å². The van der Waals surface area contributed by atoms with Crippen molar-refractivity contribution in [2.45, 2.75) is 32.7 Å². The quantitative estimate of drug-likeness (QED) is 0.836. The molecule has 0 spiro atoms. The summed E-state index contributed by atoms with van der Waals surface area (Å²) < 4.78 is 0. The monoisotopic (exact) mass is 373 g/mol. The summed E-state index contributed by atoms with van der Waals surface area (Å²) in [6.07, 6.45) is 4.36. The summed E-state index contributed by atoms with van der Waals surface area (Å²) >= 11 is 6.06. The summed E-state index contributed by atoms with van der Waals surface area (Å²) in [7, 11) is 0. The average molecular weight is 374 g/mol. The zero-order valence-electron chi connectivity index (χ0n) is 14.7. The van der Waals surface area contributed by atoms with E-state index in [4.69, 9.17) is 17.3 Å². The molecular weight excluding hydrogens is 352 g/mol. The van der Waals surface area contributed by atoms with Crippen molar-refractivity contribution in [3.05, 3.63) is 46.0 Å². The lowest BCUT2D eigenvalue weighted by molar-refractivity contribution is 0.394. The highest BCUT2D eigenvalue weighted by atomic mass is 35.5. The molecule has 7 heteroatoms. The van der Waals surface area contributed by atoms with E-state index in [1.54, 1.807) is 13.2 Å². The van der Waals surface area contributed by atoms with Gasteiger partial charge in [-0.3, -0.25) is 4.79 Å². The minimum absolute atomic E-state index is 0.0568. The molecule has 1 aromatic carbocycles. The number of nitrogens with two attached hydrogens (primary N) is 1. The third-order valence-corrected chi connectivity index (χ3v) is 5.12. The zero-order valence-corrected chi connectivity index (χ0v) is 15.5. The van der Waals surface area contributed by atoms with Crippen LogP contribution in [0.15, 0.2) is 18.2 Å². The lowest BCUT2D eigenvalue weighted by atomic mass is 9.92. The average Bonchev–Trinajstić information content (AvgIpc) is 2.65. The first kappa shape index (κ1) is 18.6. The van der Waals surface area contributed by atoms with Crippen molar-refractivity contribution in [3.63, 3.8) is 0 Å². The van der Waals surface area contributed by atoms with E-state index < -0.39 is 0 Å². The number of hydrogen-bond acceptors (Lipinski definition) is 6. The Morgan fingerprint density at radius 3 is 2.73 bits per heavy atom. The summed E-state index contributed by atoms with van der Waals surface area (Å²) in [5.74, 6) is 0.838. The Morgan fingerprint density at radius 1 is 1.35 bits per heavy atom. The lowest BCUT2D eigenvalue weighted by Crippen LogP contribution is -2.35. The Labute approximate surface area is 158 Å². The van der Waals surface area contributed by atoms with Gasteiger partial charge in [0.1, 0.15) is 5.82 Å². The van der Waals surface area contributed by atoms with Crippen LogP contribution in [0, 0.1) is 12.8 Å². The standard InChI is InChI=1S/C19H22ClN4O2/c1-12-19(26)16(11-25)23-18(22-12)8-13-4-6-24(7-5-13)17-3-2-15(20)9-14(17)10-21/h2-3,9,13,26H,4-8,10,21H2,1H3. The number of aryl methyl sites for hydroxylation is 1. The van der Waals surface area contributed by atoms with Crippen molar-refractivity contribution in [2.75, 3.05) is 18.0 Å². The molecule has 1 aliphatic rings. The molecule has 3 rings (SSSR count). The van der Waals surface area contributed by atoms with Gasteiger partial charge >= 0.3 is 0 Å². The molecule has 1 aliphatic heterocycles. The van der Waals surface area contributed by atoms with E-state index in [0.717, 1.165) is 37.2 Å². The normalized spacial score (nSPS) is 15.3. The fraction of sp³-hybridized carbons (Fsp3) is 0.421. The van der Waals surface area contributed by atoms with Gasteiger partial charge in [-0.25, -0.2) is 9.97 Å². The molecule has 0 bridgehead atoms. The molecule has 0 unspecified atom stereocenters. The van der Waals surface area contributed by atoms with Crippen molar-refractivity contribution >= 4 is 23.6 Å². The maximum Gasteiger partial charge on any atom is 0.257 e. The molecule has 0 amide bonds. The highest BCUT2D eigenvalue weighted by Gasteiger charge is 2.23. The molecule has 3 N–H and O–H groups in total. The van der Waals surface area contributed by atoms with Gasteiger partial charge in [0.15, 0.2) is 11.4 Å². The summed E-state index contributed by atoms with van der Waals surface area (Å²) in [4.78, 5) is 21.7. The molecule has 1 fully saturated rings. The van der Waals surface area contributed by atoms with Gasteiger partial charge in [0.2, 0.25) is 0 Å². The van der Waals surface area contributed by atoms with E-state index >= 15 is 0 Å². The van der Waals surface area contributed by atoms with Crippen LogP contribution in [-0.4, -0.2) is 34.5 Å². The molecule has 0 atom stereocenters. The van der Waals surface area contributed by atoms with Crippen LogP contribution >= 0.6 is 11.6 Å². The summed E-state index contributed by atoms with van der Waals surface area (Å²) in [6.45, 7) is 3.96. The van der Waals surface area contributed by atoms with E-state index in [9.17, 15) is 9.90 Å². The maximum absolute atomic E-state index is 10.9. The van der Waals surface area contributed by atoms with Crippen molar-refractivity contribution in [2.24, 2.45) is 11.7 Å². The van der Waals surface area contributed by atoms with Crippen LogP contribution in [0.5, 0.6) is 5.75 Å². The summed E-state index contributed by atoms with van der Waals surface area (Å²) in [5, 5.41) is 10.4. The SMILES string of the molecule is Cc1nc(CC2CCN(c3ccc(Cl)cc3CN)CC2)nc([C]=O)c1O. The van der Waals surface area contributed by atoms with E-state index in [1.807, 2.05) is 18.2 Å². The molecule has 0 saturated carbocycles. The first-order valence-electron chi connectivity index (χ1n) is 8.70. The number of rotatable bonds is 5. The van der Waals surface area contributed by atoms with Gasteiger partial charge < -0.3 is 15.7 Å². The smallest absolute Gasteiger partial charge is 0.257 e. The van der Waals surface area contributed by atoms with Crippen LogP contribution in [0.3, 0.4) is 0 Å². The Kier molecular flexibility index (Phi) is 5.74. The molecule has 1 aromatic heterocycles. The fourth-order valence-corrected chi connectivity index (χ4v) is 3.64. The van der Waals surface area contributed by atoms with Crippen LogP contribution < -0.4 is 10.6 Å². The second kappa shape index (κ2) is 8.01. The number of piperidine rings is 1. The molecule has 2 heterocycles. The molecule has 1 radical (unpaired) electrons.